The van der Waals surface area contributed by atoms with Gasteiger partial charge in [-0.1, -0.05) is 23.8 Å². The van der Waals surface area contributed by atoms with Gasteiger partial charge in [0.25, 0.3) is 11.8 Å². The van der Waals surface area contributed by atoms with Crippen molar-refractivity contribution in [2.75, 3.05) is 68.0 Å². The number of imide groups is 1. The number of rotatable bonds is 8. The van der Waals surface area contributed by atoms with E-state index in [-0.39, 0.29) is 54.1 Å². The molecule has 3 aromatic heterocycles. The molecule has 60 heavy (non-hydrogen) atoms. The van der Waals surface area contributed by atoms with E-state index in [9.17, 15) is 23.6 Å². The van der Waals surface area contributed by atoms with Crippen LogP contribution in [0.2, 0.25) is 5.02 Å². The Kier molecular flexibility index (Phi) is 9.39. The number of hydrogen-bond acceptors (Lipinski definition) is 11. The van der Waals surface area contributed by atoms with Crippen LogP contribution < -0.4 is 25.8 Å². The molecule has 1 unspecified atom stereocenters. The van der Waals surface area contributed by atoms with Crippen LogP contribution in [0, 0.1) is 5.41 Å². The van der Waals surface area contributed by atoms with Crippen LogP contribution in [-0.2, 0) is 11.2 Å². The first-order valence-corrected chi connectivity index (χ1v) is 20.6. The van der Waals surface area contributed by atoms with Gasteiger partial charge < -0.3 is 20.4 Å². The van der Waals surface area contributed by atoms with Gasteiger partial charge in [0.1, 0.15) is 6.17 Å². The normalized spacial score (nSPS) is 22.8. The summed E-state index contributed by atoms with van der Waals surface area (Å²) in [6.45, 7) is 4.95. The van der Waals surface area contributed by atoms with Crippen LogP contribution >= 0.6 is 11.6 Å². The number of likely N-dealkylation sites (tertiary alicyclic amines) is 2. The molecule has 1 saturated carbocycles. The molecule has 2 atom stereocenters. The summed E-state index contributed by atoms with van der Waals surface area (Å²) in [6, 6.07) is 8.23. The first-order valence-electron chi connectivity index (χ1n) is 20.2. The molecule has 5 aliphatic heterocycles. The van der Waals surface area contributed by atoms with E-state index >= 15 is 0 Å². The first-order chi connectivity index (χ1) is 29.1. The molecule has 6 aliphatic rings. The standard InChI is InChI=1S/C42H42ClFN12O4/c1-45-31-18-35(51-56-34(20-48-38(31)56)39(58)49-30-17-28(30)44)54-12-7-26-32(54)6-11-46-37(26)29-5-2-24(19-47-29)21-52-22-42(23-52)9-14-53(15-10-42)40(59)25-3-4-27(43)33(16-25)55-13-8-36(57)50-41(55)60/h2-6,11,16,18-20,28-29,45,47H,7-10,12-15,17,21-23H2,1H3,(H,50,57,60)/t28-,29?/m0/s1. The number of fused-ring (bicyclic) bond motifs is 2. The fourth-order valence-corrected chi connectivity index (χ4v) is 9.31. The van der Waals surface area contributed by atoms with Gasteiger partial charge in [-0.25, -0.2) is 23.7 Å². The molecule has 4 fully saturated rings. The summed E-state index contributed by atoms with van der Waals surface area (Å²) in [4.78, 5) is 71.6. The highest BCUT2D eigenvalue weighted by molar-refractivity contribution is 6.34. The molecule has 0 radical (unpaired) electrons. The van der Waals surface area contributed by atoms with Crippen molar-refractivity contribution in [1.29, 1.82) is 0 Å². The highest BCUT2D eigenvalue weighted by atomic mass is 35.5. The number of hydrogen-bond donors (Lipinski definition) is 3. The average molecular weight is 833 g/mol. The van der Waals surface area contributed by atoms with Crippen LogP contribution in [0.25, 0.3) is 5.65 Å². The molecule has 308 valence electrons. The Balaban J connectivity index is 0.751. The zero-order chi connectivity index (χ0) is 41.3. The molecule has 0 bridgehead atoms. The van der Waals surface area contributed by atoms with Gasteiger partial charge >= 0.3 is 6.03 Å². The van der Waals surface area contributed by atoms with Crippen molar-refractivity contribution in [2.45, 2.75) is 44.3 Å². The van der Waals surface area contributed by atoms with Crippen molar-refractivity contribution >= 4 is 69.6 Å². The fourth-order valence-electron chi connectivity index (χ4n) is 9.09. The number of alkyl halides is 1. The number of nitrogens with zero attached hydrogens (tertiary/aromatic N) is 9. The lowest BCUT2D eigenvalue weighted by Crippen LogP contribution is -2.61. The maximum Gasteiger partial charge on any atom is 0.328 e. The molecule has 4 aromatic rings. The molecular weight excluding hydrogens is 791 g/mol. The van der Waals surface area contributed by atoms with Gasteiger partial charge in [0, 0.05) is 101 Å². The molecule has 1 aliphatic carbocycles. The lowest BCUT2D eigenvalue weighted by atomic mass is 9.71. The number of aliphatic imine (C=N–C) groups is 1. The van der Waals surface area contributed by atoms with Gasteiger partial charge in [0.05, 0.1) is 40.0 Å². The summed E-state index contributed by atoms with van der Waals surface area (Å²) < 4.78 is 15.0. The fraction of sp³-hybridized carbons (Fsp3) is 0.381. The number of piperidine rings is 1. The Hall–Kier alpha value is -6.20. The van der Waals surface area contributed by atoms with E-state index in [1.165, 1.54) is 21.2 Å². The molecule has 1 spiro atoms. The largest absolute Gasteiger partial charge is 0.385 e. The lowest BCUT2D eigenvalue weighted by molar-refractivity contribution is -0.120. The van der Waals surface area contributed by atoms with E-state index in [1.54, 1.807) is 25.2 Å². The molecule has 5 amide bonds. The molecule has 3 saturated heterocycles. The van der Waals surface area contributed by atoms with Gasteiger partial charge in [-0.3, -0.25) is 34.5 Å². The van der Waals surface area contributed by atoms with Gasteiger partial charge in [0.15, 0.2) is 17.2 Å². The summed E-state index contributed by atoms with van der Waals surface area (Å²) in [5.41, 5.74) is 6.92. The smallest absolute Gasteiger partial charge is 0.328 e. The molecule has 1 aromatic carbocycles. The van der Waals surface area contributed by atoms with Crippen molar-refractivity contribution in [1.82, 2.24) is 40.0 Å². The van der Waals surface area contributed by atoms with E-state index in [0.717, 1.165) is 55.8 Å². The van der Waals surface area contributed by atoms with E-state index in [0.29, 0.717) is 53.1 Å². The van der Waals surface area contributed by atoms with Crippen LogP contribution in [0.15, 0.2) is 71.6 Å². The zero-order valence-electron chi connectivity index (χ0n) is 32.8. The zero-order valence-corrected chi connectivity index (χ0v) is 33.6. The average Bonchev–Trinajstić information content (AvgIpc) is 3.55. The first kappa shape index (κ1) is 38.0. The molecule has 18 heteroatoms. The molecule has 3 N–H and O–H groups in total. The third-order valence-electron chi connectivity index (χ3n) is 12.4. The second kappa shape index (κ2) is 14.8. The maximum atomic E-state index is 13.6. The van der Waals surface area contributed by atoms with Crippen LogP contribution in [0.3, 0.4) is 0 Å². The number of dihydropyridines is 1. The number of benzene rings is 1. The number of carbonyl (C=O) groups is 4. The number of halogens is 2. The summed E-state index contributed by atoms with van der Waals surface area (Å²) in [7, 11) is 1.79. The molecule has 16 nitrogen and oxygen atoms in total. The van der Waals surface area contributed by atoms with Crippen molar-refractivity contribution < 1.29 is 23.6 Å². The summed E-state index contributed by atoms with van der Waals surface area (Å²) in [5.74, 6) is -0.350. The highest BCUT2D eigenvalue weighted by Gasteiger charge is 2.45. The number of imidazole rings is 1. The molecular formula is C42H42ClFN12O4. The van der Waals surface area contributed by atoms with Crippen LogP contribution in [0.1, 0.15) is 63.8 Å². The molecule has 8 heterocycles. The van der Waals surface area contributed by atoms with Crippen LogP contribution in [-0.4, -0.2) is 118 Å². The van der Waals surface area contributed by atoms with Gasteiger partial charge in [0.2, 0.25) is 5.91 Å². The Morgan fingerprint density at radius 3 is 2.57 bits per heavy atom. The van der Waals surface area contributed by atoms with Crippen molar-refractivity contribution in [2.24, 2.45) is 10.4 Å². The summed E-state index contributed by atoms with van der Waals surface area (Å²) >= 11 is 6.42. The predicted octanol–water partition coefficient (Wildman–Crippen LogP) is 4.61. The Morgan fingerprint density at radius 2 is 1.83 bits per heavy atom. The van der Waals surface area contributed by atoms with Crippen molar-refractivity contribution in [3.8, 4) is 0 Å². The minimum Gasteiger partial charge on any atom is -0.385 e. The Bertz CT molecular complexity index is 2570. The van der Waals surface area contributed by atoms with Gasteiger partial charge in [-0.15, -0.1) is 5.10 Å². The van der Waals surface area contributed by atoms with Gasteiger partial charge in [-0.05, 0) is 54.5 Å². The lowest BCUT2D eigenvalue weighted by Gasteiger charge is -2.54. The second-order valence-electron chi connectivity index (χ2n) is 16.3. The van der Waals surface area contributed by atoms with E-state index < -0.39 is 18.1 Å². The number of anilines is 4. The summed E-state index contributed by atoms with van der Waals surface area (Å²) in [5, 5.41) is 14.2. The minimum absolute atomic E-state index is 0.0894. The third-order valence-corrected chi connectivity index (χ3v) is 12.7. The second-order valence-corrected chi connectivity index (χ2v) is 16.7. The topological polar surface area (TPSA) is 173 Å². The van der Waals surface area contributed by atoms with Crippen LogP contribution in [0.5, 0.6) is 0 Å². The van der Waals surface area contributed by atoms with Gasteiger partial charge in [-0.2, -0.15) is 0 Å². The number of nitrogens with one attached hydrogen (secondary N) is 3. The number of aromatic nitrogens is 4. The van der Waals surface area contributed by atoms with E-state index in [1.807, 2.05) is 23.2 Å². The number of amides is 5. The van der Waals surface area contributed by atoms with E-state index in [4.69, 9.17) is 21.7 Å². The third kappa shape index (κ3) is 6.84. The highest BCUT2D eigenvalue weighted by Crippen LogP contribution is 2.42. The minimum atomic E-state index is -1.15. The predicted molar refractivity (Wildman–Crippen MR) is 223 cm³/mol. The SMILES string of the molecule is CNc1cc(N2CCc3c2ccnc3C2C=CC(CN3CC4(CCN(C(=O)c5ccc(Cl)c(N6CCC(=O)NC6=O)c5)CC4)C3)=CN2)nn2c(C(=O)N=C3C[C@@H]3F)cnc12. The number of carbonyl (C=O) groups excluding carboxylic acids is 4. The van der Waals surface area contributed by atoms with Crippen molar-refractivity contribution in [3.05, 3.63) is 94.2 Å². The maximum absolute atomic E-state index is 13.6. The Labute approximate surface area is 349 Å². The van der Waals surface area contributed by atoms with Crippen molar-refractivity contribution in [3.63, 3.8) is 0 Å². The van der Waals surface area contributed by atoms with Crippen LogP contribution in [0.4, 0.5) is 32.1 Å². The quantitative estimate of drug-likeness (QED) is 0.227. The molecule has 10 rings (SSSR count). The number of pyridine rings is 1. The Morgan fingerprint density at radius 1 is 1.03 bits per heavy atom. The monoisotopic (exact) mass is 832 g/mol. The summed E-state index contributed by atoms with van der Waals surface area (Å²) in [6.07, 6.45) is 11.5. The van der Waals surface area contributed by atoms with E-state index in [2.05, 4.69) is 54.1 Å². The number of urea groups is 1.